The number of halogens is 2. The second-order valence-corrected chi connectivity index (χ2v) is 8.42. The number of benzene rings is 2. The van der Waals surface area contributed by atoms with Crippen molar-refractivity contribution in [3.8, 4) is 0 Å². The van der Waals surface area contributed by atoms with E-state index in [1.54, 1.807) is 17.0 Å². The molecule has 0 N–H and O–H groups in total. The van der Waals surface area contributed by atoms with E-state index >= 15 is 0 Å². The molecule has 2 amide bonds. The molecule has 2 atom stereocenters. The second-order valence-electron chi connectivity index (χ2n) is 7.10. The monoisotopic (exact) mass is 446 g/mol. The number of nitrogens with zero attached hydrogens (tertiary/aromatic N) is 2. The van der Waals surface area contributed by atoms with Crippen LogP contribution in [-0.4, -0.2) is 47.8 Å². The Kier molecular flexibility index (Phi) is 5.24. The molecule has 4 nitrogen and oxygen atoms in total. The van der Waals surface area contributed by atoms with Gasteiger partial charge in [-0.2, -0.15) is 0 Å². The highest BCUT2D eigenvalue weighted by molar-refractivity contribution is 9.10. The van der Waals surface area contributed by atoms with Gasteiger partial charge in [0, 0.05) is 36.6 Å². The molecule has 2 unspecified atom stereocenters. The smallest absolute Gasteiger partial charge is 0.255 e. The van der Waals surface area contributed by atoms with E-state index < -0.39 is 0 Å². The quantitative estimate of drug-likeness (QED) is 0.708. The zero-order valence-electron chi connectivity index (χ0n) is 14.8. The molecule has 0 radical (unpaired) electrons. The fraction of sp³-hybridized carbons (Fsp3) is 0.333. The van der Waals surface area contributed by atoms with Crippen LogP contribution >= 0.6 is 27.5 Å². The van der Waals surface area contributed by atoms with Crippen LogP contribution in [0.1, 0.15) is 28.3 Å². The SMILES string of the molecule is O=C(c1cc(Br)ccc1Cl)N1CCN(C(=O)C2CC2c2ccccc2)CC1. The number of amides is 2. The number of carbonyl (C=O) groups is 2. The predicted molar refractivity (Wildman–Crippen MR) is 109 cm³/mol. The molecule has 0 aromatic heterocycles. The zero-order valence-corrected chi connectivity index (χ0v) is 17.1. The maximum absolute atomic E-state index is 12.8. The molecule has 1 saturated heterocycles. The average Bonchev–Trinajstić information content (AvgIpc) is 3.50. The summed E-state index contributed by atoms with van der Waals surface area (Å²) in [5.74, 6) is 0.575. The first kappa shape index (κ1) is 18.5. The summed E-state index contributed by atoms with van der Waals surface area (Å²) < 4.78 is 0.824. The van der Waals surface area contributed by atoms with E-state index in [4.69, 9.17) is 11.6 Å². The molecule has 1 saturated carbocycles. The Morgan fingerprint density at radius 1 is 0.963 bits per heavy atom. The van der Waals surface area contributed by atoms with Crippen LogP contribution in [-0.2, 0) is 4.79 Å². The van der Waals surface area contributed by atoms with Crippen LogP contribution in [0.2, 0.25) is 5.02 Å². The number of carbonyl (C=O) groups excluding carboxylic acids is 2. The molecule has 2 fully saturated rings. The fourth-order valence-corrected chi connectivity index (χ4v) is 4.29. The molecule has 0 spiro atoms. The highest BCUT2D eigenvalue weighted by Gasteiger charge is 2.46. The summed E-state index contributed by atoms with van der Waals surface area (Å²) in [6, 6.07) is 15.5. The van der Waals surface area contributed by atoms with Crippen molar-refractivity contribution in [2.24, 2.45) is 5.92 Å². The summed E-state index contributed by atoms with van der Waals surface area (Å²) >= 11 is 9.56. The Morgan fingerprint density at radius 2 is 1.63 bits per heavy atom. The molecule has 1 aliphatic carbocycles. The first-order valence-corrected chi connectivity index (χ1v) is 10.3. The minimum atomic E-state index is -0.0815. The van der Waals surface area contributed by atoms with Gasteiger partial charge in [0.25, 0.3) is 5.91 Å². The lowest BCUT2D eigenvalue weighted by molar-refractivity contribution is -0.134. The van der Waals surface area contributed by atoms with Crippen molar-refractivity contribution in [2.45, 2.75) is 12.3 Å². The first-order valence-electron chi connectivity index (χ1n) is 9.12. The van der Waals surface area contributed by atoms with E-state index in [1.807, 2.05) is 29.2 Å². The molecule has 4 rings (SSSR count). The van der Waals surface area contributed by atoms with E-state index in [-0.39, 0.29) is 17.7 Å². The van der Waals surface area contributed by atoms with Crippen LogP contribution in [0.5, 0.6) is 0 Å². The first-order chi connectivity index (χ1) is 13.0. The molecular formula is C21H20BrClN2O2. The predicted octanol–water partition coefficient (Wildman–Crippen LogP) is 4.19. The third-order valence-corrected chi connectivity index (χ3v) is 6.20. The topological polar surface area (TPSA) is 40.6 Å². The van der Waals surface area contributed by atoms with Crippen molar-refractivity contribution < 1.29 is 9.59 Å². The van der Waals surface area contributed by atoms with Gasteiger partial charge in [0.2, 0.25) is 5.91 Å². The Morgan fingerprint density at radius 3 is 2.33 bits per heavy atom. The normalized spacial score (nSPS) is 21.9. The fourth-order valence-electron chi connectivity index (χ4n) is 3.73. The van der Waals surface area contributed by atoms with E-state index in [0.29, 0.717) is 42.7 Å². The van der Waals surface area contributed by atoms with Gasteiger partial charge in [0.05, 0.1) is 10.6 Å². The van der Waals surface area contributed by atoms with Crippen LogP contribution in [0.3, 0.4) is 0 Å². The third kappa shape index (κ3) is 3.90. The molecule has 27 heavy (non-hydrogen) atoms. The van der Waals surface area contributed by atoms with Crippen molar-refractivity contribution in [2.75, 3.05) is 26.2 Å². The molecule has 2 aromatic carbocycles. The van der Waals surface area contributed by atoms with Crippen molar-refractivity contribution in [1.82, 2.24) is 9.80 Å². The van der Waals surface area contributed by atoms with Gasteiger partial charge >= 0.3 is 0 Å². The number of piperazine rings is 1. The molecular weight excluding hydrogens is 428 g/mol. The lowest BCUT2D eigenvalue weighted by Crippen LogP contribution is -2.51. The highest BCUT2D eigenvalue weighted by Crippen LogP contribution is 2.48. The highest BCUT2D eigenvalue weighted by atomic mass is 79.9. The second kappa shape index (κ2) is 7.64. The maximum atomic E-state index is 12.8. The van der Waals surface area contributed by atoms with Gasteiger partial charge in [-0.25, -0.2) is 0 Å². The largest absolute Gasteiger partial charge is 0.339 e. The van der Waals surface area contributed by atoms with Crippen LogP contribution in [0.15, 0.2) is 53.0 Å². The van der Waals surface area contributed by atoms with Crippen LogP contribution in [0, 0.1) is 5.92 Å². The maximum Gasteiger partial charge on any atom is 0.255 e. The van der Waals surface area contributed by atoms with Crippen molar-refractivity contribution in [1.29, 1.82) is 0 Å². The number of hydrogen-bond acceptors (Lipinski definition) is 2. The van der Waals surface area contributed by atoms with Crippen molar-refractivity contribution in [3.05, 3.63) is 69.2 Å². The van der Waals surface area contributed by atoms with Gasteiger partial charge < -0.3 is 9.80 Å². The summed E-state index contributed by atoms with van der Waals surface area (Å²) in [4.78, 5) is 29.2. The molecule has 140 valence electrons. The molecule has 0 bridgehead atoms. The Labute approximate surface area is 172 Å². The lowest BCUT2D eigenvalue weighted by atomic mass is 10.1. The van der Waals surface area contributed by atoms with Gasteiger partial charge in [0.1, 0.15) is 0 Å². The number of hydrogen-bond donors (Lipinski definition) is 0. The van der Waals surface area contributed by atoms with Crippen molar-refractivity contribution in [3.63, 3.8) is 0 Å². The third-order valence-electron chi connectivity index (χ3n) is 5.37. The van der Waals surface area contributed by atoms with Crippen LogP contribution < -0.4 is 0 Å². The van der Waals surface area contributed by atoms with E-state index in [9.17, 15) is 9.59 Å². The summed E-state index contributed by atoms with van der Waals surface area (Å²) in [6.07, 6.45) is 0.926. The van der Waals surface area contributed by atoms with Gasteiger partial charge in [0.15, 0.2) is 0 Å². The molecule has 6 heteroatoms. The minimum Gasteiger partial charge on any atom is -0.339 e. The average molecular weight is 448 g/mol. The lowest BCUT2D eigenvalue weighted by Gasteiger charge is -2.35. The minimum absolute atomic E-state index is 0.0815. The summed E-state index contributed by atoms with van der Waals surface area (Å²) in [7, 11) is 0. The van der Waals surface area contributed by atoms with E-state index in [2.05, 4.69) is 28.1 Å². The van der Waals surface area contributed by atoms with E-state index in [1.165, 1.54) is 5.56 Å². The standard InChI is InChI=1S/C21H20BrClN2O2/c22-15-6-7-19(23)18(12-15)21(27)25-10-8-24(9-11-25)20(26)17-13-16(17)14-4-2-1-3-5-14/h1-7,12,16-17H,8-11,13H2. The molecule has 1 heterocycles. The summed E-state index contributed by atoms with van der Waals surface area (Å²) in [5, 5.41) is 0.449. The van der Waals surface area contributed by atoms with Crippen LogP contribution in [0.25, 0.3) is 0 Å². The summed E-state index contributed by atoms with van der Waals surface area (Å²) in [6.45, 7) is 2.23. The van der Waals surface area contributed by atoms with Gasteiger partial charge in [-0.15, -0.1) is 0 Å². The zero-order chi connectivity index (χ0) is 19.0. The summed E-state index contributed by atoms with van der Waals surface area (Å²) in [5.41, 5.74) is 1.74. The Balaban J connectivity index is 1.35. The molecule has 2 aromatic rings. The van der Waals surface area contributed by atoms with Crippen molar-refractivity contribution >= 4 is 39.3 Å². The Hall–Kier alpha value is -1.85. The van der Waals surface area contributed by atoms with Gasteiger partial charge in [-0.05, 0) is 36.1 Å². The number of rotatable bonds is 3. The Bertz CT molecular complexity index is 866. The van der Waals surface area contributed by atoms with Crippen LogP contribution in [0.4, 0.5) is 0 Å². The van der Waals surface area contributed by atoms with Gasteiger partial charge in [-0.1, -0.05) is 57.9 Å². The van der Waals surface area contributed by atoms with Gasteiger partial charge in [-0.3, -0.25) is 9.59 Å². The molecule has 1 aliphatic heterocycles. The molecule has 2 aliphatic rings. The van der Waals surface area contributed by atoms with E-state index in [0.717, 1.165) is 10.9 Å².